The standard InChI is InChI=1S/C10H5BrFNO2/c11-3-10(15)6-1-2-9(12)8(5-14)7(6)4-13/h1-2,5H,3H2. The smallest absolute Gasteiger partial charge is 0.174 e. The van der Waals surface area contributed by atoms with E-state index in [-0.39, 0.29) is 34.1 Å². The minimum Gasteiger partial charge on any atom is -0.298 e. The lowest BCUT2D eigenvalue weighted by Gasteiger charge is -2.03. The number of carbonyl (C=O) groups is 2. The van der Waals surface area contributed by atoms with Crippen LogP contribution in [0.25, 0.3) is 0 Å². The Labute approximate surface area is 93.6 Å². The van der Waals surface area contributed by atoms with Gasteiger partial charge >= 0.3 is 0 Å². The average Bonchev–Trinajstić information content (AvgIpc) is 2.27. The fourth-order valence-corrected chi connectivity index (χ4v) is 1.44. The van der Waals surface area contributed by atoms with Gasteiger partial charge in [0, 0.05) is 5.56 Å². The molecule has 0 saturated carbocycles. The molecule has 0 aliphatic carbocycles. The van der Waals surface area contributed by atoms with Crippen LogP contribution in [0.15, 0.2) is 12.1 Å². The first-order valence-corrected chi connectivity index (χ1v) is 5.04. The average molecular weight is 270 g/mol. The molecule has 5 heteroatoms. The number of nitrogens with zero attached hydrogens (tertiary/aromatic N) is 1. The predicted octanol–water partition coefficient (Wildman–Crippen LogP) is 2.09. The van der Waals surface area contributed by atoms with E-state index in [1.807, 2.05) is 0 Å². The van der Waals surface area contributed by atoms with Crippen molar-refractivity contribution in [3.63, 3.8) is 0 Å². The number of carbonyl (C=O) groups excluding carboxylic acids is 2. The van der Waals surface area contributed by atoms with Gasteiger partial charge in [0.1, 0.15) is 11.9 Å². The molecule has 76 valence electrons. The number of hydrogen-bond donors (Lipinski definition) is 0. The first-order valence-electron chi connectivity index (χ1n) is 3.92. The molecule has 1 aromatic carbocycles. The highest BCUT2D eigenvalue weighted by Crippen LogP contribution is 2.17. The molecule has 1 aromatic rings. The summed E-state index contributed by atoms with van der Waals surface area (Å²) in [5.74, 6) is -1.16. The van der Waals surface area contributed by atoms with Crippen LogP contribution in [-0.4, -0.2) is 17.4 Å². The molecular weight excluding hydrogens is 265 g/mol. The molecule has 0 bridgehead atoms. The van der Waals surface area contributed by atoms with E-state index in [4.69, 9.17) is 5.26 Å². The van der Waals surface area contributed by atoms with Crippen molar-refractivity contribution in [2.75, 3.05) is 5.33 Å². The lowest BCUT2D eigenvalue weighted by molar-refractivity contribution is 0.102. The van der Waals surface area contributed by atoms with Gasteiger partial charge in [0.2, 0.25) is 0 Å². The predicted molar refractivity (Wildman–Crippen MR) is 54.6 cm³/mol. The summed E-state index contributed by atoms with van der Waals surface area (Å²) in [6.07, 6.45) is 0.235. The van der Waals surface area contributed by atoms with E-state index in [1.165, 1.54) is 6.07 Å². The van der Waals surface area contributed by atoms with E-state index in [2.05, 4.69) is 15.9 Å². The lowest BCUT2D eigenvalue weighted by Crippen LogP contribution is -2.07. The third-order valence-corrected chi connectivity index (χ3v) is 2.35. The third kappa shape index (κ3) is 2.10. The maximum atomic E-state index is 13.1. The fraction of sp³-hybridized carbons (Fsp3) is 0.100. The van der Waals surface area contributed by atoms with Crippen LogP contribution in [0.3, 0.4) is 0 Å². The molecule has 0 atom stereocenters. The largest absolute Gasteiger partial charge is 0.298 e. The van der Waals surface area contributed by atoms with Crippen LogP contribution in [0.1, 0.15) is 26.3 Å². The summed E-state index contributed by atoms with van der Waals surface area (Å²) >= 11 is 2.94. The molecule has 0 fully saturated rings. The van der Waals surface area contributed by atoms with Crippen molar-refractivity contribution in [2.24, 2.45) is 0 Å². The zero-order valence-corrected chi connectivity index (χ0v) is 9.04. The van der Waals surface area contributed by atoms with Crippen LogP contribution in [-0.2, 0) is 0 Å². The van der Waals surface area contributed by atoms with Crippen LogP contribution in [0.5, 0.6) is 0 Å². The summed E-state index contributed by atoms with van der Waals surface area (Å²) in [5.41, 5.74) is -0.531. The molecule has 0 spiro atoms. The number of Topliss-reactive ketones (excluding diaryl/α,β-unsaturated/α-hetero) is 1. The van der Waals surface area contributed by atoms with E-state index >= 15 is 0 Å². The Morgan fingerprint density at radius 3 is 2.73 bits per heavy atom. The van der Waals surface area contributed by atoms with Crippen molar-refractivity contribution in [3.05, 3.63) is 34.6 Å². The normalized spacial score (nSPS) is 9.40. The summed E-state index contributed by atoms with van der Waals surface area (Å²) in [4.78, 5) is 21.9. The fourth-order valence-electron chi connectivity index (χ4n) is 1.13. The molecule has 0 heterocycles. The van der Waals surface area contributed by atoms with Crippen LogP contribution in [0.2, 0.25) is 0 Å². The third-order valence-electron chi connectivity index (χ3n) is 1.84. The summed E-state index contributed by atoms with van der Waals surface area (Å²) in [6, 6.07) is 3.86. The van der Waals surface area contributed by atoms with Crippen molar-refractivity contribution < 1.29 is 14.0 Å². The zero-order chi connectivity index (χ0) is 11.4. The number of hydrogen-bond acceptors (Lipinski definition) is 3. The van der Waals surface area contributed by atoms with E-state index < -0.39 is 5.82 Å². The quantitative estimate of drug-likeness (QED) is 0.480. The van der Waals surface area contributed by atoms with Gasteiger partial charge in [0.15, 0.2) is 12.1 Å². The molecule has 15 heavy (non-hydrogen) atoms. The van der Waals surface area contributed by atoms with Gasteiger partial charge in [-0.2, -0.15) is 5.26 Å². The molecule has 0 aliphatic rings. The van der Waals surface area contributed by atoms with E-state index in [0.29, 0.717) is 0 Å². The molecule has 0 aliphatic heterocycles. The molecule has 0 unspecified atom stereocenters. The number of benzene rings is 1. The second kappa shape index (κ2) is 4.80. The first kappa shape index (κ1) is 11.5. The summed E-state index contributed by atoms with van der Waals surface area (Å²) in [5, 5.41) is 8.78. The maximum Gasteiger partial charge on any atom is 0.174 e. The molecule has 0 amide bonds. The molecule has 0 N–H and O–H groups in total. The van der Waals surface area contributed by atoms with E-state index in [9.17, 15) is 14.0 Å². The Kier molecular flexibility index (Phi) is 3.69. The number of aldehydes is 1. The Morgan fingerprint density at radius 1 is 1.60 bits per heavy atom. The van der Waals surface area contributed by atoms with Crippen LogP contribution in [0, 0.1) is 17.1 Å². The number of rotatable bonds is 3. The molecule has 0 aromatic heterocycles. The van der Waals surface area contributed by atoms with Crippen molar-refractivity contribution in [2.45, 2.75) is 0 Å². The topological polar surface area (TPSA) is 57.9 Å². The Morgan fingerprint density at radius 2 is 2.27 bits per heavy atom. The molecule has 0 radical (unpaired) electrons. The second-order valence-corrected chi connectivity index (χ2v) is 3.23. The Bertz CT molecular complexity index is 465. The number of alkyl halides is 1. The van der Waals surface area contributed by atoms with Gasteiger partial charge in [0.05, 0.1) is 16.5 Å². The van der Waals surface area contributed by atoms with E-state index in [0.717, 1.165) is 6.07 Å². The minimum atomic E-state index is -0.798. The molecule has 1 rings (SSSR count). The van der Waals surface area contributed by atoms with Gasteiger partial charge in [-0.1, -0.05) is 15.9 Å². The SMILES string of the molecule is N#Cc1c(C(=O)CBr)ccc(F)c1C=O. The van der Waals surface area contributed by atoms with Crippen LogP contribution >= 0.6 is 15.9 Å². The number of halogens is 2. The van der Waals surface area contributed by atoms with Crippen molar-refractivity contribution in [1.29, 1.82) is 5.26 Å². The van der Waals surface area contributed by atoms with Crippen LogP contribution < -0.4 is 0 Å². The summed E-state index contributed by atoms with van der Waals surface area (Å²) < 4.78 is 13.1. The van der Waals surface area contributed by atoms with Gasteiger partial charge in [0.25, 0.3) is 0 Å². The number of ketones is 1. The maximum absolute atomic E-state index is 13.1. The van der Waals surface area contributed by atoms with Gasteiger partial charge in [-0.15, -0.1) is 0 Å². The second-order valence-electron chi connectivity index (χ2n) is 2.67. The highest BCUT2D eigenvalue weighted by Gasteiger charge is 2.16. The van der Waals surface area contributed by atoms with E-state index in [1.54, 1.807) is 6.07 Å². The summed E-state index contributed by atoms with van der Waals surface area (Å²) in [7, 11) is 0. The first-order chi connectivity index (χ1) is 7.15. The Hall–Kier alpha value is -1.54. The van der Waals surface area contributed by atoms with Crippen molar-refractivity contribution >= 4 is 28.0 Å². The van der Waals surface area contributed by atoms with Crippen molar-refractivity contribution in [1.82, 2.24) is 0 Å². The molecule has 3 nitrogen and oxygen atoms in total. The molecule has 0 saturated heterocycles. The lowest BCUT2D eigenvalue weighted by atomic mass is 10.00. The zero-order valence-electron chi connectivity index (χ0n) is 7.46. The summed E-state index contributed by atoms with van der Waals surface area (Å²) in [6.45, 7) is 0. The highest BCUT2D eigenvalue weighted by molar-refractivity contribution is 9.09. The van der Waals surface area contributed by atoms with Crippen molar-refractivity contribution in [3.8, 4) is 6.07 Å². The minimum absolute atomic E-state index is 0.0195. The van der Waals surface area contributed by atoms with Gasteiger partial charge in [-0.3, -0.25) is 9.59 Å². The monoisotopic (exact) mass is 269 g/mol. The highest BCUT2D eigenvalue weighted by atomic mass is 79.9. The van der Waals surface area contributed by atoms with Gasteiger partial charge < -0.3 is 0 Å². The Balaban J connectivity index is 3.50. The number of nitriles is 1. The van der Waals surface area contributed by atoms with Crippen LogP contribution in [0.4, 0.5) is 4.39 Å². The van der Waals surface area contributed by atoms with Gasteiger partial charge in [-0.05, 0) is 12.1 Å². The van der Waals surface area contributed by atoms with Gasteiger partial charge in [-0.25, -0.2) is 4.39 Å². The molecular formula is C10H5BrFNO2.